The molecule has 0 amide bonds. The van der Waals surface area contributed by atoms with Crippen molar-refractivity contribution in [1.29, 1.82) is 0 Å². The van der Waals surface area contributed by atoms with Gasteiger partial charge in [0.1, 0.15) is 5.75 Å². The van der Waals surface area contributed by atoms with Crippen LogP contribution >= 0.6 is 11.8 Å². The van der Waals surface area contributed by atoms with Crippen molar-refractivity contribution < 1.29 is 4.74 Å². The molecule has 2 aromatic heterocycles. The maximum Gasteiger partial charge on any atom is 0.118 e. The van der Waals surface area contributed by atoms with E-state index in [1.165, 1.54) is 11.1 Å². The molecule has 0 radical (unpaired) electrons. The molecule has 0 saturated heterocycles. The first-order valence-electron chi connectivity index (χ1n) is 6.40. The van der Waals surface area contributed by atoms with Crippen molar-refractivity contribution in [2.24, 2.45) is 0 Å². The minimum atomic E-state index is 0.875. The molecule has 0 aliphatic rings. The molecule has 3 aromatic rings. The highest BCUT2D eigenvalue weighted by Gasteiger charge is 2.07. The van der Waals surface area contributed by atoms with Crippen molar-refractivity contribution in [3.8, 4) is 16.9 Å². The van der Waals surface area contributed by atoms with Gasteiger partial charge in [0.05, 0.1) is 23.3 Å². The first-order valence-corrected chi connectivity index (χ1v) is 7.62. The standard InChI is InChI=1S/C16H16N2OS/c1-11-8-14-9-13(10-16(20-3)18(14)17-11)12-4-6-15(19-2)7-5-12/h4-10H,1-3H3. The Hall–Kier alpha value is -1.94. The largest absolute Gasteiger partial charge is 0.497 e. The summed E-state index contributed by atoms with van der Waals surface area (Å²) in [4.78, 5) is 0. The van der Waals surface area contributed by atoms with Crippen molar-refractivity contribution in [3.63, 3.8) is 0 Å². The van der Waals surface area contributed by atoms with Crippen molar-refractivity contribution >= 4 is 17.3 Å². The number of fused-ring (bicyclic) bond motifs is 1. The van der Waals surface area contributed by atoms with Gasteiger partial charge in [-0.3, -0.25) is 0 Å². The van der Waals surface area contributed by atoms with Crippen LogP contribution in [0.15, 0.2) is 47.5 Å². The fourth-order valence-electron chi connectivity index (χ4n) is 2.29. The molecular formula is C16H16N2OS. The highest BCUT2D eigenvalue weighted by Crippen LogP contribution is 2.28. The Balaban J connectivity index is 2.14. The van der Waals surface area contributed by atoms with E-state index < -0.39 is 0 Å². The van der Waals surface area contributed by atoms with Crippen molar-refractivity contribution in [3.05, 3.63) is 48.2 Å². The Kier molecular flexibility index (Phi) is 3.40. The Morgan fingerprint density at radius 3 is 2.45 bits per heavy atom. The van der Waals surface area contributed by atoms with E-state index in [9.17, 15) is 0 Å². The summed E-state index contributed by atoms with van der Waals surface area (Å²) in [6, 6.07) is 14.6. The lowest BCUT2D eigenvalue weighted by Gasteiger charge is -2.08. The maximum absolute atomic E-state index is 5.21. The van der Waals surface area contributed by atoms with E-state index in [1.54, 1.807) is 18.9 Å². The summed E-state index contributed by atoms with van der Waals surface area (Å²) < 4.78 is 7.20. The number of hydrogen-bond donors (Lipinski definition) is 0. The van der Waals surface area contributed by atoms with Crippen LogP contribution in [0.1, 0.15) is 5.69 Å². The van der Waals surface area contributed by atoms with Gasteiger partial charge in [0.25, 0.3) is 0 Å². The highest BCUT2D eigenvalue weighted by molar-refractivity contribution is 7.98. The molecule has 0 spiro atoms. The van der Waals surface area contributed by atoms with E-state index in [0.717, 1.165) is 22.0 Å². The number of pyridine rings is 1. The lowest BCUT2D eigenvalue weighted by molar-refractivity contribution is 0.415. The normalized spacial score (nSPS) is 10.9. The van der Waals surface area contributed by atoms with E-state index >= 15 is 0 Å². The average Bonchev–Trinajstić information content (AvgIpc) is 2.86. The number of aromatic nitrogens is 2. The summed E-state index contributed by atoms with van der Waals surface area (Å²) >= 11 is 1.70. The van der Waals surface area contributed by atoms with Gasteiger partial charge in [0.2, 0.25) is 0 Å². The van der Waals surface area contributed by atoms with Crippen LogP contribution in [0, 0.1) is 6.92 Å². The van der Waals surface area contributed by atoms with Crippen LogP contribution < -0.4 is 4.74 Å². The fourth-order valence-corrected chi connectivity index (χ4v) is 2.85. The number of benzene rings is 1. The number of nitrogens with zero attached hydrogens (tertiary/aromatic N) is 2. The third-order valence-corrected chi connectivity index (χ3v) is 3.99. The minimum absolute atomic E-state index is 0.875. The molecule has 3 rings (SSSR count). The van der Waals surface area contributed by atoms with E-state index in [4.69, 9.17) is 4.74 Å². The zero-order valence-corrected chi connectivity index (χ0v) is 12.6. The fraction of sp³-hybridized carbons (Fsp3) is 0.188. The Bertz CT molecular complexity index is 747. The predicted molar refractivity (Wildman–Crippen MR) is 83.7 cm³/mol. The maximum atomic E-state index is 5.21. The van der Waals surface area contributed by atoms with Gasteiger partial charge in [0.15, 0.2) is 0 Å². The molecule has 102 valence electrons. The first-order chi connectivity index (χ1) is 9.71. The Morgan fingerprint density at radius 1 is 1.05 bits per heavy atom. The van der Waals surface area contributed by atoms with Crippen LogP contribution in [0.4, 0.5) is 0 Å². The Labute approximate surface area is 122 Å². The van der Waals surface area contributed by atoms with Gasteiger partial charge in [-0.05, 0) is 54.6 Å². The van der Waals surface area contributed by atoms with Crippen LogP contribution in [-0.4, -0.2) is 23.0 Å². The molecule has 0 aliphatic carbocycles. The monoisotopic (exact) mass is 284 g/mol. The molecular weight excluding hydrogens is 268 g/mol. The van der Waals surface area contributed by atoms with Gasteiger partial charge in [-0.15, -0.1) is 11.8 Å². The van der Waals surface area contributed by atoms with Crippen LogP contribution in [-0.2, 0) is 0 Å². The van der Waals surface area contributed by atoms with E-state index in [2.05, 4.69) is 41.7 Å². The van der Waals surface area contributed by atoms with Gasteiger partial charge < -0.3 is 4.74 Å². The summed E-state index contributed by atoms with van der Waals surface area (Å²) in [5, 5.41) is 5.66. The molecule has 20 heavy (non-hydrogen) atoms. The predicted octanol–water partition coefficient (Wildman–Crippen LogP) is 4.04. The smallest absolute Gasteiger partial charge is 0.118 e. The molecule has 2 heterocycles. The summed E-state index contributed by atoms with van der Waals surface area (Å²) in [5.41, 5.74) is 4.54. The molecule has 4 heteroatoms. The van der Waals surface area contributed by atoms with Crippen LogP contribution in [0.25, 0.3) is 16.6 Å². The number of methoxy groups -OCH3 is 1. The summed E-state index contributed by atoms with van der Waals surface area (Å²) in [5.74, 6) is 0.875. The van der Waals surface area contributed by atoms with E-state index in [-0.39, 0.29) is 0 Å². The second-order valence-corrected chi connectivity index (χ2v) is 5.46. The zero-order valence-electron chi connectivity index (χ0n) is 11.8. The number of hydrogen-bond acceptors (Lipinski definition) is 3. The molecule has 0 unspecified atom stereocenters. The molecule has 0 bridgehead atoms. The molecule has 0 saturated carbocycles. The lowest BCUT2D eigenvalue weighted by atomic mass is 10.1. The number of rotatable bonds is 3. The van der Waals surface area contributed by atoms with Gasteiger partial charge in [-0.1, -0.05) is 12.1 Å². The number of ether oxygens (including phenoxy) is 1. The van der Waals surface area contributed by atoms with E-state index in [0.29, 0.717) is 0 Å². The number of thioether (sulfide) groups is 1. The highest BCUT2D eigenvalue weighted by atomic mass is 32.2. The molecule has 0 aliphatic heterocycles. The van der Waals surface area contributed by atoms with Gasteiger partial charge in [-0.2, -0.15) is 5.10 Å². The second-order valence-electron chi connectivity index (χ2n) is 4.64. The number of aryl methyl sites for hydroxylation is 1. The zero-order chi connectivity index (χ0) is 14.1. The van der Waals surface area contributed by atoms with Crippen LogP contribution in [0.2, 0.25) is 0 Å². The third kappa shape index (κ3) is 2.27. The SMILES string of the molecule is COc1ccc(-c2cc(SC)n3nc(C)cc3c2)cc1. The molecule has 0 N–H and O–H groups in total. The van der Waals surface area contributed by atoms with Crippen molar-refractivity contribution in [1.82, 2.24) is 9.61 Å². The van der Waals surface area contributed by atoms with Gasteiger partial charge >= 0.3 is 0 Å². The average molecular weight is 284 g/mol. The summed E-state index contributed by atoms with van der Waals surface area (Å²) in [6.45, 7) is 2.02. The minimum Gasteiger partial charge on any atom is -0.497 e. The Morgan fingerprint density at radius 2 is 1.80 bits per heavy atom. The topological polar surface area (TPSA) is 26.5 Å². The quantitative estimate of drug-likeness (QED) is 0.679. The summed E-state index contributed by atoms with van der Waals surface area (Å²) in [6.07, 6.45) is 2.07. The summed E-state index contributed by atoms with van der Waals surface area (Å²) in [7, 11) is 1.68. The van der Waals surface area contributed by atoms with Crippen molar-refractivity contribution in [2.45, 2.75) is 11.9 Å². The van der Waals surface area contributed by atoms with Gasteiger partial charge in [0, 0.05) is 0 Å². The molecule has 0 fully saturated rings. The van der Waals surface area contributed by atoms with Crippen molar-refractivity contribution in [2.75, 3.05) is 13.4 Å². The lowest BCUT2D eigenvalue weighted by Crippen LogP contribution is -1.93. The van der Waals surface area contributed by atoms with Crippen LogP contribution in [0.5, 0.6) is 5.75 Å². The van der Waals surface area contributed by atoms with Crippen LogP contribution in [0.3, 0.4) is 0 Å². The molecule has 1 aromatic carbocycles. The molecule has 3 nitrogen and oxygen atoms in total. The van der Waals surface area contributed by atoms with E-state index in [1.807, 2.05) is 23.6 Å². The third-order valence-electron chi connectivity index (χ3n) is 3.28. The van der Waals surface area contributed by atoms with Gasteiger partial charge in [-0.25, -0.2) is 4.52 Å². The first kappa shape index (κ1) is 13.1. The molecule has 0 atom stereocenters. The second kappa shape index (κ2) is 5.21.